The van der Waals surface area contributed by atoms with Crippen LogP contribution < -0.4 is 0 Å². The molecule has 13 heavy (non-hydrogen) atoms. The van der Waals surface area contributed by atoms with Crippen LogP contribution in [0.4, 0.5) is 4.39 Å². The van der Waals surface area contributed by atoms with E-state index in [9.17, 15) is 9.50 Å². The molecular weight excluding hydrogens is 169 g/mol. The Morgan fingerprint density at radius 3 is 2.77 bits per heavy atom. The second-order valence-electron chi connectivity index (χ2n) is 3.50. The van der Waals surface area contributed by atoms with Crippen LogP contribution >= 0.6 is 0 Å². The molecule has 1 N–H and O–H groups in total. The monoisotopic (exact) mass is 183 g/mol. The first-order chi connectivity index (χ1) is 6.09. The molecule has 1 unspecified atom stereocenters. The molecule has 1 rings (SSSR count). The fourth-order valence-corrected chi connectivity index (χ4v) is 1.05. The molecule has 0 saturated carbocycles. The maximum absolute atomic E-state index is 12.6. The molecule has 1 atom stereocenters. The maximum Gasteiger partial charge on any atom is 0.213 e. The van der Waals surface area contributed by atoms with E-state index in [4.69, 9.17) is 0 Å². The van der Waals surface area contributed by atoms with Gasteiger partial charge < -0.3 is 5.11 Å². The smallest absolute Gasteiger partial charge is 0.213 e. The summed E-state index contributed by atoms with van der Waals surface area (Å²) >= 11 is 0. The Balaban J connectivity index is 2.64. The van der Waals surface area contributed by atoms with Crippen molar-refractivity contribution < 1.29 is 9.50 Å². The fraction of sp³-hybridized carbons (Fsp3) is 0.500. The first-order valence-corrected chi connectivity index (χ1v) is 4.38. The summed E-state index contributed by atoms with van der Waals surface area (Å²) < 4.78 is 12.6. The Morgan fingerprint density at radius 2 is 2.23 bits per heavy atom. The van der Waals surface area contributed by atoms with Gasteiger partial charge in [0, 0.05) is 6.20 Å². The molecule has 0 aliphatic carbocycles. The quantitative estimate of drug-likeness (QED) is 0.724. The minimum Gasteiger partial charge on any atom is -0.393 e. The highest BCUT2D eigenvalue weighted by Crippen LogP contribution is 2.09. The molecule has 72 valence electrons. The van der Waals surface area contributed by atoms with Crippen LogP contribution in [0.1, 0.15) is 19.4 Å². The van der Waals surface area contributed by atoms with E-state index in [2.05, 4.69) is 4.98 Å². The lowest BCUT2D eigenvalue weighted by atomic mass is 10.0. The van der Waals surface area contributed by atoms with Gasteiger partial charge in [0.25, 0.3) is 0 Å². The number of rotatable bonds is 3. The van der Waals surface area contributed by atoms with E-state index in [1.165, 1.54) is 12.3 Å². The van der Waals surface area contributed by atoms with Gasteiger partial charge in [-0.05, 0) is 30.0 Å². The Bertz CT molecular complexity index is 275. The van der Waals surface area contributed by atoms with Crippen molar-refractivity contribution in [2.75, 3.05) is 0 Å². The zero-order valence-corrected chi connectivity index (χ0v) is 7.87. The second-order valence-corrected chi connectivity index (χ2v) is 3.50. The second kappa shape index (κ2) is 4.33. The van der Waals surface area contributed by atoms with E-state index in [0.717, 1.165) is 5.56 Å². The van der Waals surface area contributed by atoms with Crippen LogP contribution in [0.15, 0.2) is 18.3 Å². The van der Waals surface area contributed by atoms with Gasteiger partial charge in [0.1, 0.15) is 0 Å². The summed E-state index contributed by atoms with van der Waals surface area (Å²) in [6.07, 6.45) is 1.48. The van der Waals surface area contributed by atoms with Gasteiger partial charge in [-0.25, -0.2) is 4.98 Å². The summed E-state index contributed by atoms with van der Waals surface area (Å²) in [5.41, 5.74) is 0.786. The Morgan fingerprint density at radius 1 is 1.54 bits per heavy atom. The van der Waals surface area contributed by atoms with E-state index in [1.807, 2.05) is 13.8 Å². The molecule has 0 spiro atoms. The standard InChI is InChI=1S/C10H14FNO/c1-7(2)9(13)5-8-3-4-12-10(11)6-8/h3-4,6-7,9,13H,5H2,1-2H3. The van der Waals surface area contributed by atoms with E-state index >= 15 is 0 Å². The predicted octanol–water partition coefficient (Wildman–Crippen LogP) is 1.78. The predicted molar refractivity (Wildman–Crippen MR) is 48.7 cm³/mol. The molecule has 1 heterocycles. The van der Waals surface area contributed by atoms with Crippen molar-refractivity contribution in [1.29, 1.82) is 0 Å². The molecule has 0 radical (unpaired) electrons. The summed E-state index contributed by atoms with van der Waals surface area (Å²) in [7, 11) is 0. The summed E-state index contributed by atoms with van der Waals surface area (Å²) in [6.45, 7) is 3.87. The number of hydrogen-bond acceptors (Lipinski definition) is 2. The highest BCUT2D eigenvalue weighted by molar-refractivity contribution is 5.11. The molecular formula is C10H14FNO. The highest BCUT2D eigenvalue weighted by atomic mass is 19.1. The largest absolute Gasteiger partial charge is 0.393 e. The third-order valence-corrected chi connectivity index (χ3v) is 2.01. The lowest BCUT2D eigenvalue weighted by Gasteiger charge is -2.13. The number of aromatic nitrogens is 1. The maximum atomic E-state index is 12.6. The average Bonchev–Trinajstić information content (AvgIpc) is 2.04. The van der Waals surface area contributed by atoms with Crippen LogP contribution in [0, 0.1) is 11.9 Å². The number of aliphatic hydroxyl groups is 1. The molecule has 0 bridgehead atoms. The van der Waals surface area contributed by atoms with Crippen LogP contribution in [0.3, 0.4) is 0 Å². The third kappa shape index (κ3) is 3.11. The molecule has 3 heteroatoms. The van der Waals surface area contributed by atoms with Crippen molar-refractivity contribution in [3.63, 3.8) is 0 Å². The molecule has 0 aliphatic rings. The van der Waals surface area contributed by atoms with Gasteiger partial charge in [0.2, 0.25) is 5.95 Å². The van der Waals surface area contributed by atoms with E-state index in [0.29, 0.717) is 6.42 Å². The Labute approximate surface area is 77.4 Å². The number of aliphatic hydroxyl groups excluding tert-OH is 1. The lowest BCUT2D eigenvalue weighted by Crippen LogP contribution is -2.17. The van der Waals surface area contributed by atoms with Crippen LogP contribution in [0.2, 0.25) is 0 Å². The van der Waals surface area contributed by atoms with Crippen LogP contribution in [0.25, 0.3) is 0 Å². The molecule has 0 aliphatic heterocycles. The van der Waals surface area contributed by atoms with Crippen molar-refractivity contribution in [3.8, 4) is 0 Å². The van der Waals surface area contributed by atoms with Crippen molar-refractivity contribution in [3.05, 3.63) is 29.8 Å². The van der Waals surface area contributed by atoms with Gasteiger partial charge >= 0.3 is 0 Å². The molecule has 1 aromatic rings. The number of pyridine rings is 1. The minimum absolute atomic E-state index is 0.191. The Hall–Kier alpha value is -0.960. The molecule has 1 aromatic heterocycles. The number of hydrogen-bond donors (Lipinski definition) is 1. The van der Waals surface area contributed by atoms with Crippen LogP contribution in [-0.2, 0) is 6.42 Å². The molecule has 0 fully saturated rings. The fourth-order valence-electron chi connectivity index (χ4n) is 1.05. The van der Waals surface area contributed by atoms with Crippen LogP contribution in [0.5, 0.6) is 0 Å². The van der Waals surface area contributed by atoms with E-state index in [-0.39, 0.29) is 5.92 Å². The average molecular weight is 183 g/mol. The van der Waals surface area contributed by atoms with Gasteiger partial charge in [0.05, 0.1) is 6.10 Å². The van der Waals surface area contributed by atoms with E-state index in [1.54, 1.807) is 6.07 Å². The molecule has 0 amide bonds. The van der Waals surface area contributed by atoms with Gasteiger partial charge in [-0.15, -0.1) is 0 Å². The van der Waals surface area contributed by atoms with Crippen molar-refractivity contribution in [2.24, 2.45) is 5.92 Å². The van der Waals surface area contributed by atoms with Gasteiger partial charge in [-0.2, -0.15) is 4.39 Å². The first-order valence-electron chi connectivity index (χ1n) is 4.38. The Kier molecular flexibility index (Phi) is 3.37. The summed E-state index contributed by atoms with van der Waals surface area (Å²) in [4.78, 5) is 3.44. The zero-order valence-electron chi connectivity index (χ0n) is 7.87. The number of halogens is 1. The first kappa shape index (κ1) is 10.1. The van der Waals surface area contributed by atoms with Crippen LogP contribution in [-0.4, -0.2) is 16.2 Å². The summed E-state index contributed by atoms with van der Waals surface area (Å²) in [5.74, 6) is -0.301. The van der Waals surface area contributed by atoms with Gasteiger partial charge in [0.15, 0.2) is 0 Å². The molecule has 0 saturated heterocycles. The lowest BCUT2D eigenvalue weighted by molar-refractivity contribution is 0.125. The highest BCUT2D eigenvalue weighted by Gasteiger charge is 2.10. The topological polar surface area (TPSA) is 33.1 Å². The number of nitrogens with zero attached hydrogens (tertiary/aromatic N) is 1. The third-order valence-electron chi connectivity index (χ3n) is 2.01. The molecule has 0 aromatic carbocycles. The van der Waals surface area contributed by atoms with Crippen molar-refractivity contribution >= 4 is 0 Å². The zero-order chi connectivity index (χ0) is 9.84. The summed E-state index contributed by atoms with van der Waals surface area (Å²) in [6, 6.07) is 3.07. The minimum atomic E-state index is -0.492. The van der Waals surface area contributed by atoms with Gasteiger partial charge in [-0.3, -0.25) is 0 Å². The molecule has 2 nitrogen and oxygen atoms in total. The SMILES string of the molecule is CC(C)C(O)Cc1ccnc(F)c1. The van der Waals surface area contributed by atoms with E-state index < -0.39 is 12.1 Å². The van der Waals surface area contributed by atoms with Gasteiger partial charge in [-0.1, -0.05) is 13.8 Å². The normalized spacial score (nSPS) is 13.3. The van der Waals surface area contributed by atoms with Crippen molar-refractivity contribution in [1.82, 2.24) is 4.98 Å². The summed E-state index contributed by atoms with van der Waals surface area (Å²) in [5, 5.41) is 9.53. The van der Waals surface area contributed by atoms with Crippen molar-refractivity contribution in [2.45, 2.75) is 26.4 Å².